The Morgan fingerprint density at radius 2 is 2.14 bits per heavy atom. The van der Waals surface area contributed by atoms with Gasteiger partial charge in [0.05, 0.1) is 5.69 Å². The Balaban J connectivity index is 1.59. The molecule has 1 aromatic heterocycles. The Bertz CT molecular complexity index is 653. The molecule has 2 aromatic rings. The lowest BCUT2D eigenvalue weighted by molar-refractivity contribution is 0.338. The van der Waals surface area contributed by atoms with Crippen LogP contribution >= 0.6 is 0 Å². The number of hydrogen-bond donors (Lipinski definition) is 2. The van der Waals surface area contributed by atoms with Crippen molar-refractivity contribution < 1.29 is 0 Å². The van der Waals surface area contributed by atoms with Crippen molar-refractivity contribution in [2.45, 2.75) is 18.8 Å². The average Bonchev–Trinajstić information content (AvgIpc) is 2.94. The molecule has 3 N–H and O–H groups in total. The monoisotopic (exact) mass is 284 g/mol. The number of hydrogen-bond acceptors (Lipinski definition) is 4. The van der Waals surface area contributed by atoms with Crippen molar-refractivity contribution in [3.8, 4) is 0 Å². The van der Waals surface area contributed by atoms with Crippen LogP contribution in [0.3, 0.4) is 0 Å². The number of nitrogens with two attached hydrogens (primary N) is 1. The number of anilines is 1. The van der Waals surface area contributed by atoms with Gasteiger partial charge < -0.3 is 10.6 Å². The third-order valence-corrected chi connectivity index (χ3v) is 4.03. The van der Waals surface area contributed by atoms with Gasteiger partial charge in [-0.1, -0.05) is 30.3 Å². The summed E-state index contributed by atoms with van der Waals surface area (Å²) in [6, 6.07) is 12.1. The molecule has 0 radical (unpaired) electrons. The van der Waals surface area contributed by atoms with Crippen LogP contribution in [0.1, 0.15) is 23.6 Å². The van der Waals surface area contributed by atoms with Gasteiger partial charge in [-0.25, -0.2) is 4.98 Å². The highest BCUT2D eigenvalue weighted by atomic mass is 16.1. The van der Waals surface area contributed by atoms with Gasteiger partial charge in [-0.15, -0.1) is 0 Å². The van der Waals surface area contributed by atoms with Crippen molar-refractivity contribution in [2.75, 3.05) is 25.4 Å². The summed E-state index contributed by atoms with van der Waals surface area (Å²) in [5, 5.41) is 0. The molecule has 21 heavy (non-hydrogen) atoms. The van der Waals surface area contributed by atoms with Gasteiger partial charge in [0.25, 0.3) is 5.56 Å². The summed E-state index contributed by atoms with van der Waals surface area (Å²) in [6.45, 7) is 3.04. The molecule has 1 aromatic carbocycles. The Labute approximate surface area is 123 Å². The maximum Gasteiger partial charge on any atom is 0.252 e. The Kier molecular flexibility index (Phi) is 4.01. The first-order valence-electron chi connectivity index (χ1n) is 7.34. The Morgan fingerprint density at radius 1 is 1.33 bits per heavy atom. The van der Waals surface area contributed by atoms with Crippen LogP contribution in [0.4, 0.5) is 5.95 Å². The lowest BCUT2D eigenvalue weighted by Crippen LogP contribution is -2.23. The number of likely N-dealkylation sites (tertiary alicyclic amines) is 1. The molecule has 1 saturated heterocycles. The van der Waals surface area contributed by atoms with Gasteiger partial charge in [0.15, 0.2) is 0 Å². The van der Waals surface area contributed by atoms with Crippen LogP contribution in [0, 0.1) is 0 Å². The molecule has 1 fully saturated rings. The molecule has 0 bridgehead atoms. The second kappa shape index (κ2) is 6.10. The molecule has 1 unspecified atom stereocenters. The fourth-order valence-electron chi connectivity index (χ4n) is 2.91. The zero-order valence-corrected chi connectivity index (χ0v) is 12.0. The highest BCUT2D eigenvalue weighted by molar-refractivity contribution is 5.21. The summed E-state index contributed by atoms with van der Waals surface area (Å²) in [6.07, 6.45) is 2.09. The SMILES string of the molecule is Nc1nc(C2CCN(CCc3ccccc3)C2)cc(=O)[nH]1. The predicted molar refractivity (Wildman–Crippen MR) is 83.2 cm³/mol. The molecular weight excluding hydrogens is 264 g/mol. The maximum atomic E-state index is 11.5. The van der Waals surface area contributed by atoms with Crippen molar-refractivity contribution in [1.82, 2.24) is 14.9 Å². The number of aromatic nitrogens is 2. The molecule has 0 spiro atoms. The molecule has 1 aliphatic heterocycles. The summed E-state index contributed by atoms with van der Waals surface area (Å²) in [4.78, 5) is 20.7. The van der Waals surface area contributed by atoms with E-state index in [1.165, 1.54) is 5.56 Å². The van der Waals surface area contributed by atoms with Crippen LogP contribution in [-0.4, -0.2) is 34.5 Å². The lowest BCUT2D eigenvalue weighted by Gasteiger charge is -2.15. The van der Waals surface area contributed by atoms with Crippen LogP contribution in [-0.2, 0) is 6.42 Å². The normalized spacial score (nSPS) is 19.0. The van der Waals surface area contributed by atoms with Gasteiger partial charge in [0.2, 0.25) is 5.95 Å². The molecule has 2 heterocycles. The van der Waals surface area contributed by atoms with E-state index in [9.17, 15) is 4.79 Å². The van der Waals surface area contributed by atoms with Crippen LogP contribution in [0.15, 0.2) is 41.2 Å². The minimum absolute atomic E-state index is 0.166. The highest BCUT2D eigenvalue weighted by Gasteiger charge is 2.25. The zero-order valence-electron chi connectivity index (χ0n) is 12.0. The molecule has 0 saturated carbocycles. The van der Waals surface area contributed by atoms with E-state index in [2.05, 4.69) is 39.1 Å². The first-order valence-corrected chi connectivity index (χ1v) is 7.34. The molecule has 1 aliphatic rings. The van der Waals surface area contributed by atoms with Crippen molar-refractivity contribution >= 4 is 5.95 Å². The van der Waals surface area contributed by atoms with Crippen LogP contribution in [0.5, 0.6) is 0 Å². The topological polar surface area (TPSA) is 75.0 Å². The Morgan fingerprint density at radius 3 is 2.90 bits per heavy atom. The third-order valence-electron chi connectivity index (χ3n) is 4.03. The van der Waals surface area contributed by atoms with E-state index < -0.39 is 0 Å². The van der Waals surface area contributed by atoms with E-state index in [4.69, 9.17) is 5.73 Å². The number of nitrogens with zero attached hydrogens (tertiary/aromatic N) is 2. The van der Waals surface area contributed by atoms with Gasteiger partial charge in [-0.05, 0) is 24.9 Å². The largest absolute Gasteiger partial charge is 0.369 e. The number of nitrogens with one attached hydrogen (secondary N) is 1. The van der Waals surface area contributed by atoms with Crippen molar-refractivity contribution in [2.24, 2.45) is 0 Å². The number of benzene rings is 1. The number of H-pyrrole nitrogens is 1. The first-order chi connectivity index (χ1) is 10.2. The maximum absolute atomic E-state index is 11.5. The minimum atomic E-state index is -0.166. The average molecular weight is 284 g/mol. The van der Waals surface area contributed by atoms with E-state index >= 15 is 0 Å². The number of rotatable bonds is 4. The lowest BCUT2D eigenvalue weighted by atomic mass is 10.1. The summed E-state index contributed by atoms with van der Waals surface area (Å²) >= 11 is 0. The Hall–Kier alpha value is -2.14. The molecule has 3 rings (SSSR count). The first kappa shape index (κ1) is 13.8. The van der Waals surface area contributed by atoms with Gasteiger partial charge in [-0.3, -0.25) is 9.78 Å². The molecule has 1 atom stereocenters. The standard InChI is InChI=1S/C16H20N4O/c17-16-18-14(10-15(21)19-16)13-7-9-20(11-13)8-6-12-4-2-1-3-5-12/h1-5,10,13H,6-9,11H2,(H3,17,18,19,21). The summed E-state index contributed by atoms with van der Waals surface area (Å²) < 4.78 is 0. The molecular formula is C16H20N4O. The molecule has 110 valence electrons. The summed E-state index contributed by atoms with van der Waals surface area (Å²) in [5.74, 6) is 0.519. The summed E-state index contributed by atoms with van der Waals surface area (Å²) in [7, 11) is 0. The number of aromatic amines is 1. The molecule has 5 heteroatoms. The van der Waals surface area contributed by atoms with Crippen LogP contribution < -0.4 is 11.3 Å². The van der Waals surface area contributed by atoms with Gasteiger partial charge in [-0.2, -0.15) is 0 Å². The smallest absolute Gasteiger partial charge is 0.252 e. The molecule has 0 aliphatic carbocycles. The van der Waals surface area contributed by atoms with E-state index in [0.29, 0.717) is 5.92 Å². The van der Waals surface area contributed by atoms with Gasteiger partial charge in [0.1, 0.15) is 0 Å². The van der Waals surface area contributed by atoms with Crippen LogP contribution in [0.25, 0.3) is 0 Å². The quantitative estimate of drug-likeness (QED) is 0.889. The number of nitrogen functional groups attached to an aromatic ring is 1. The van der Waals surface area contributed by atoms with Crippen molar-refractivity contribution in [1.29, 1.82) is 0 Å². The molecule has 0 amide bonds. The molecule has 5 nitrogen and oxygen atoms in total. The van der Waals surface area contributed by atoms with E-state index in [1.807, 2.05) is 6.07 Å². The second-order valence-corrected chi connectivity index (χ2v) is 5.58. The minimum Gasteiger partial charge on any atom is -0.369 e. The predicted octanol–water partition coefficient (Wildman–Crippen LogP) is 1.38. The van der Waals surface area contributed by atoms with Crippen molar-refractivity contribution in [3.63, 3.8) is 0 Å². The van der Waals surface area contributed by atoms with E-state index in [-0.39, 0.29) is 11.5 Å². The van der Waals surface area contributed by atoms with Crippen molar-refractivity contribution in [3.05, 3.63) is 58.0 Å². The third kappa shape index (κ3) is 3.49. The fourth-order valence-corrected chi connectivity index (χ4v) is 2.91. The van der Waals surface area contributed by atoms with Gasteiger partial charge >= 0.3 is 0 Å². The fraction of sp³-hybridized carbons (Fsp3) is 0.375. The van der Waals surface area contributed by atoms with E-state index in [1.54, 1.807) is 6.07 Å². The zero-order chi connectivity index (χ0) is 14.7. The second-order valence-electron chi connectivity index (χ2n) is 5.58. The summed E-state index contributed by atoms with van der Waals surface area (Å²) in [5.41, 5.74) is 7.63. The van der Waals surface area contributed by atoms with Crippen LogP contribution in [0.2, 0.25) is 0 Å². The van der Waals surface area contributed by atoms with E-state index in [0.717, 1.165) is 38.2 Å². The van der Waals surface area contributed by atoms with Gasteiger partial charge in [0, 0.05) is 25.1 Å². The highest BCUT2D eigenvalue weighted by Crippen LogP contribution is 2.25.